The minimum atomic E-state index is -0.230. The lowest BCUT2D eigenvalue weighted by Gasteiger charge is -2.04. The van der Waals surface area contributed by atoms with Gasteiger partial charge in [-0.15, -0.1) is 0 Å². The summed E-state index contributed by atoms with van der Waals surface area (Å²) < 4.78 is 4.99. The Morgan fingerprint density at radius 1 is 1.50 bits per heavy atom. The number of carbonyl (C=O) groups is 1. The van der Waals surface area contributed by atoms with Crippen molar-refractivity contribution in [1.29, 1.82) is 0 Å². The molecule has 0 bridgehead atoms. The molecule has 0 spiro atoms. The molecule has 0 saturated carbocycles. The second-order valence-electron chi connectivity index (χ2n) is 2.44. The van der Waals surface area contributed by atoms with Crippen LogP contribution in [0, 0.1) is 6.92 Å². The van der Waals surface area contributed by atoms with Gasteiger partial charge in [0.15, 0.2) is 0 Å². The molecule has 0 N–H and O–H groups in total. The summed E-state index contributed by atoms with van der Waals surface area (Å²) >= 11 is 0. The Kier molecular flexibility index (Phi) is 2.86. The highest BCUT2D eigenvalue weighted by atomic mass is 16.5. The van der Waals surface area contributed by atoms with E-state index in [1.807, 2.05) is 12.1 Å². The largest absolute Gasteiger partial charge is 0.426 e. The Balaban J connectivity index is 2.75. The molecule has 1 aromatic rings. The predicted octanol–water partition coefficient (Wildman–Crippen LogP) is 2.18. The van der Waals surface area contributed by atoms with Crippen molar-refractivity contribution in [2.24, 2.45) is 0 Å². The average molecular weight is 163 g/mol. The van der Waals surface area contributed by atoms with E-state index in [4.69, 9.17) is 4.74 Å². The molecule has 2 heteroatoms. The van der Waals surface area contributed by atoms with Crippen LogP contribution in [0.4, 0.5) is 0 Å². The zero-order valence-electron chi connectivity index (χ0n) is 7.04. The lowest BCUT2D eigenvalue weighted by atomic mass is 10.2. The number of carbonyl (C=O) groups excluding carboxylic acids is 1. The Hall–Kier alpha value is -1.31. The van der Waals surface area contributed by atoms with Crippen LogP contribution in [0.3, 0.4) is 0 Å². The molecule has 0 heterocycles. The van der Waals surface area contributed by atoms with Gasteiger partial charge in [0.25, 0.3) is 0 Å². The first-order chi connectivity index (χ1) is 5.74. The van der Waals surface area contributed by atoms with Crippen LogP contribution in [0.2, 0.25) is 0 Å². The molecule has 0 fully saturated rings. The van der Waals surface area contributed by atoms with Crippen molar-refractivity contribution in [1.82, 2.24) is 0 Å². The van der Waals surface area contributed by atoms with Crippen molar-refractivity contribution < 1.29 is 9.53 Å². The molecule has 0 aromatic heterocycles. The number of para-hydroxylation sites is 1. The standard InChI is InChI=1S/C10H11O2/c1-3-10(11)12-9-7-5-4-6-8(9)2/h4-7H,2-3H2,1H3. The summed E-state index contributed by atoms with van der Waals surface area (Å²) in [4.78, 5) is 10.9. The van der Waals surface area contributed by atoms with Crippen molar-refractivity contribution in [3.05, 3.63) is 36.8 Å². The van der Waals surface area contributed by atoms with Crippen LogP contribution in [-0.4, -0.2) is 5.97 Å². The van der Waals surface area contributed by atoms with Gasteiger partial charge in [0.2, 0.25) is 0 Å². The number of esters is 1. The Morgan fingerprint density at radius 2 is 2.17 bits per heavy atom. The molecule has 0 atom stereocenters. The molecule has 1 rings (SSSR count). The van der Waals surface area contributed by atoms with Gasteiger partial charge in [0.1, 0.15) is 5.75 Å². The third kappa shape index (κ3) is 2.09. The minimum absolute atomic E-state index is 0.230. The van der Waals surface area contributed by atoms with Crippen LogP contribution in [0.15, 0.2) is 24.3 Å². The molecule has 0 aliphatic carbocycles. The van der Waals surface area contributed by atoms with Gasteiger partial charge in [0, 0.05) is 6.42 Å². The van der Waals surface area contributed by atoms with E-state index in [0.717, 1.165) is 5.56 Å². The normalized spacial score (nSPS) is 9.50. The Morgan fingerprint density at radius 3 is 2.75 bits per heavy atom. The van der Waals surface area contributed by atoms with Crippen LogP contribution in [0.1, 0.15) is 18.9 Å². The van der Waals surface area contributed by atoms with E-state index < -0.39 is 0 Å². The molecule has 0 amide bonds. The van der Waals surface area contributed by atoms with Gasteiger partial charge in [-0.2, -0.15) is 0 Å². The molecule has 0 saturated heterocycles. The number of rotatable bonds is 2. The molecule has 1 radical (unpaired) electrons. The highest BCUT2D eigenvalue weighted by molar-refractivity contribution is 5.72. The highest BCUT2D eigenvalue weighted by Gasteiger charge is 2.02. The van der Waals surface area contributed by atoms with E-state index in [-0.39, 0.29) is 5.97 Å². The van der Waals surface area contributed by atoms with Gasteiger partial charge in [-0.3, -0.25) is 4.79 Å². The summed E-state index contributed by atoms with van der Waals surface area (Å²) in [7, 11) is 0. The van der Waals surface area contributed by atoms with E-state index in [2.05, 4.69) is 6.92 Å². The van der Waals surface area contributed by atoms with Crippen LogP contribution >= 0.6 is 0 Å². The molecule has 12 heavy (non-hydrogen) atoms. The van der Waals surface area contributed by atoms with Crippen LogP contribution in [0.5, 0.6) is 5.75 Å². The van der Waals surface area contributed by atoms with E-state index in [9.17, 15) is 4.79 Å². The second-order valence-corrected chi connectivity index (χ2v) is 2.44. The van der Waals surface area contributed by atoms with E-state index >= 15 is 0 Å². The van der Waals surface area contributed by atoms with Gasteiger partial charge in [-0.25, -0.2) is 0 Å². The fourth-order valence-electron chi connectivity index (χ4n) is 0.798. The quantitative estimate of drug-likeness (QED) is 0.493. The lowest BCUT2D eigenvalue weighted by molar-refractivity contribution is -0.134. The number of hydrogen-bond donors (Lipinski definition) is 0. The molecular formula is C10H11O2. The summed E-state index contributed by atoms with van der Waals surface area (Å²) in [5.74, 6) is 0.315. The third-order valence-corrected chi connectivity index (χ3v) is 1.49. The van der Waals surface area contributed by atoms with Gasteiger partial charge >= 0.3 is 5.97 Å². The van der Waals surface area contributed by atoms with Crippen LogP contribution in [0.25, 0.3) is 0 Å². The first-order valence-electron chi connectivity index (χ1n) is 3.85. The summed E-state index contributed by atoms with van der Waals surface area (Å²) in [5, 5.41) is 0. The monoisotopic (exact) mass is 163 g/mol. The fourth-order valence-corrected chi connectivity index (χ4v) is 0.798. The fraction of sp³-hybridized carbons (Fsp3) is 0.200. The average Bonchev–Trinajstić information content (AvgIpc) is 2.09. The van der Waals surface area contributed by atoms with E-state index in [0.29, 0.717) is 12.2 Å². The first kappa shape index (κ1) is 8.78. The zero-order chi connectivity index (χ0) is 8.97. The second kappa shape index (κ2) is 3.90. The molecule has 0 aliphatic heterocycles. The van der Waals surface area contributed by atoms with E-state index in [1.165, 1.54) is 0 Å². The van der Waals surface area contributed by atoms with E-state index in [1.54, 1.807) is 19.1 Å². The van der Waals surface area contributed by atoms with Gasteiger partial charge in [-0.05, 0) is 18.6 Å². The molecule has 1 aromatic carbocycles. The summed E-state index contributed by atoms with van der Waals surface area (Å²) in [6, 6.07) is 7.20. The Labute approximate surface area is 72.2 Å². The lowest BCUT2D eigenvalue weighted by Crippen LogP contribution is -2.06. The molecule has 63 valence electrons. The maximum Gasteiger partial charge on any atom is 0.310 e. The predicted molar refractivity (Wildman–Crippen MR) is 46.8 cm³/mol. The first-order valence-corrected chi connectivity index (χ1v) is 3.85. The van der Waals surface area contributed by atoms with Crippen molar-refractivity contribution in [2.45, 2.75) is 13.3 Å². The molecule has 0 aliphatic rings. The molecule has 2 nitrogen and oxygen atoms in total. The maximum absolute atomic E-state index is 10.9. The van der Waals surface area contributed by atoms with Crippen LogP contribution in [-0.2, 0) is 4.79 Å². The van der Waals surface area contributed by atoms with Gasteiger partial charge in [0.05, 0.1) is 0 Å². The topological polar surface area (TPSA) is 26.3 Å². The van der Waals surface area contributed by atoms with Gasteiger partial charge < -0.3 is 4.74 Å². The highest BCUT2D eigenvalue weighted by Crippen LogP contribution is 2.16. The van der Waals surface area contributed by atoms with Crippen molar-refractivity contribution in [2.75, 3.05) is 0 Å². The van der Waals surface area contributed by atoms with Gasteiger partial charge in [-0.1, -0.05) is 25.1 Å². The van der Waals surface area contributed by atoms with Crippen molar-refractivity contribution in [3.63, 3.8) is 0 Å². The number of benzene rings is 1. The van der Waals surface area contributed by atoms with Crippen molar-refractivity contribution in [3.8, 4) is 5.75 Å². The Bertz CT molecular complexity index is 279. The minimum Gasteiger partial charge on any atom is -0.426 e. The van der Waals surface area contributed by atoms with Crippen molar-refractivity contribution >= 4 is 5.97 Å². The third-order valence-electron chi connectivity index (χ3n) is 1.49. The maximum atomic E-state index is 10.9. The number of hydrogen-bond acceptors (Lipinski definition) is 2. The molecular weight excluding hydrogens is 152 g/mol. The zero-order valence-corrected chi connectivity index (χ0v) is 7.04. The SMILES string of the molecule is [CH2]c1ccccc1OC(=O)CC. The van der Waals surface area contributed by atoms with Crippen LogP contribution < -0.4 is 4.74 Å². The summed E-state index contributed by atoms with van der Waals surface area (Å²) in [5.41, 5.74) is 0.735. The summed E-state index contributed by atoms with van der Waals surface area (Å²) in [6.07, 6.45) is 0.383. The smallest absolute Gasteiger partial charge is 0.310 e. The summed E-state index contributed by atoms with van der Waals surface area (Å²) in [6.45, 7) is 5.49. The number of ether oxygens (including phenoxy) is 1. The molecule has 0 unspecified atom stereocenters.